The maximum Gasteiger partial charge on any atom is 0.291 e. The highest BCUT2D eigenvalue weighted by Gasteiger charge is 2.28. The van der Waals surface area contributed by atoms with Gasteiger partial charge in [0, 0.05) is 27.0 Å². The molecule has 2 N–H and O–H groups in total. The normalized spacial score (nSPS) is 13.9. The van der Waals surface area contributed by atoms with Crippen LogP contribution in [0.3, 0.4) is 0 Å². The Morgan fingerprint density at radius 2 is 1.94 bits per heavy atom. The van der Waals surface area contributed by atoms with Gasteiger partial charge in [-0.25, -0.2) is 5.43 Å². The Hall–Kier alpha value is -2.81. The van der Waals surface area contributed by atoms with Crippen molar-refractivity contribution in [3.63, 3.8) is 0 Å². The third kappa shape index (κ3) is 5.89. The maximum atomic E-state index is 13.0. The topological polar surface area (TPSA) is 92.9 Å². The minimum Gasteiger partial charge on any atom is -0.482 e. The van der Waals surface area contributed by atoms with Crippen LogP contribution in [0.15, 0.2) is 50.4 Å². The van der Waals surface area contributed by atoms with Crippen molar-refractivity contribution in [2.45, 2.75) is 33.1 Å². The molecule has 7 nitrogen and oxygen atoms in total. The van der Waals surface area contributed by atoms with E-state index >= 15 is 0 Å². The van der Waals surface area contributed by atoms with E-state index in [1.165, 1.54) is 6.07 Å². The highest BCUT2D eigenvalue weighted by molar-refractivity contribution is 9.10. The lowest BCUT2D eigenvalue weighted by molar-refractivity contribution is -0.123. The van der Waals surface area contributed by atoms with E-state index in [9.17, 15) is 9.59 Å². The summed E-state index contributed by atoms with van der Waals surface area (Å²) in [5.41, 5.74) is 6.33. The van der Waals surface area contributed by atoms with Gasteiger partial charge in [0.15, 0.2) is 12.4 Å². The molecule has 0 radical (unpaired) electrons. The zero-order valence-electron chi connectivity index (χ0n) is 19.0. The van der Waals surface area contributed by atoms with Gasteiger partial charge in [-0.05, 0) is 78.5 Å². The number of carbonyl (C=O) groups excluding carboxylic acids is 2. The van der Waals surface area contributed by atoms with E-state index in [2.05, 4.69) is 31.8 Å². The SMILES string of the molecule is Cc1ccc(NC(=O)c2oc3c(c2C)/C(=N/NC(=O)COc2ccc(Cl)cc2Cl)CCC3)c(Br)c1. The predicted octanol–water partition coefficient (Wildman–Crippen LogP) is 6.45. The number of carbonyl (C=O) groups is 2. The molecule has 0 saturated heterocycles. The van der Waals surface area contributed by atoms with Crippen LogP contribution in [0.4, 0.5) is 5.69 Å². The smallest absolute Gasteiger partial charge is 0.291 e. The Bertz CT molecular complexity index is 1340. The highest BCUT2D eigenvalue weighted by Crippen LogP contribution is 2.31. The molecule has 10 heteroatoms. The number of halogens is 3. The van der Waals surface area contributed by atoms with Crippen LogP contribution < -0.4 is 15.5 Å². The largest absolute Gasteiger partial charge is 0.482 e. The Balaban J connectivity index is 1.46. The van der Waals surface area contributed by atoms with Crippen molar-refractivity contribution in [2.24, 2.45) is 5.10 Å². The summed E-state index contributed by atoms with van der Waals surface area (Å²) >= 11 is 15.4. The minimum atomic E-state index is -0.445. The fourth-order valence-electron chi connectivity index (χ4n) is 3.79. The third-order valence-corrected chi connectivity index (χ3v) is 6.66. The van der Waals surface area contributed by atoms with E-state index in [1.807, 2.05) is 32.0 Å². The van der Waals surface area contributed by atoms with Gasteiger partial charge in [0.25, 0.3) is 11.8 Å². The molecule has 0 unspecified atom stereocenters. The monoisotopic (exact) mass is 577 g/mol. The molecule has 0 atom stereocenters. The Morgan fingerprint density at radius 1 is 1.14 bits per heavy atom. The van der Waals surface area contributed by atoms with Crippen LogP contribution in [-0.4, -0.2) is 24.1 Å². The molecule has 2 amide bonds. The molecule has 1 heterocycles. The van der Waals surface area contributed by atoms with Crippen molar-refractivity contribution in [3.8, 4) is 5.75 Å². The van der Waals surface area contributed by atoms with Gasteiger partial charge in [-0.15, -0.1) is 0 Å². The third-order valence-electron chi connectivity index (χ3n) is 5.47. The number of ether oxygens (including phenoxy) is 1. The first-order valence-electron chi connectivity index (χ1n) is 10.9. The molecule has 1 aliphatic carbocycles. The summed E-state index contributed by atoms with van der Waals surface area (Å²) in [5.74, 6) is 0.459. The van der Waals surface area contributed by atoms with Gasteiger partial charge in [0.1, 0.15) is 11.5 Å². The molecule has 0 fully saturated rings. The van der Waals surface area contributed by atoms with E-state index in [-0.39, 0.29) is 18.3 Å². The number of amides is 2. The fraction of sp³-hybridized carbons (Fsp3) is 0.240. The number of aryl methyl sites for hydroxylation is 2. The van der Waals surface area contributed by atoms with Crippen molar-refractivity contribution in [1.29, 1.82) is 0 Å². The molecule has 0 spiro atoms. The molecule has 35 heavy (non-hydrogen) atoms. The number of rotatable bonds is 6. The minimum absolute atomic E-state index is 0.226. The summed E-state index contributed by atoms with van der Waals surface area (Å²) in [6.45, 7) is 3.52. The van der Waals surface area contributed by atoms with E-state index in [0.29, 0.717) is 51.4 Å². The number of hydrazone groups is 1. The molecular weight excluding hydrogens is 557 g/mol. The van der Waals surface area contributed by atoms with Gasteiger partial charge in [-0.2, -0.15) is 5.10 Å². The lowest BCUT2D eigenvalue weighted by Crippen LogP contribution is -2.27. The van der Waals surface area contributed by atoms with Gasteiger partial charge in [-0.1, -0.05) is 29.3 Å². The Labute approximate surface area is 220 Å². The second-order valence-electron chi connectivity index (χ2n) is 8.10. The molecular formula is C25H22BrCl2N3O4. The van der Waals surface area contributed by atoms with Gasteiger partial charge in [0.2, 0.25) is 0 Å². The molecule has 0 aliphatic heterocycles. The number of benzene rings is 2. The fourth-order valence-corrected chi connectivity index (χ4v) is 4.85. The van der Waals surface area contributed by atoms with Crippen LogP contribution in [0, 0.1) is 13.8 Å². The molecule has 2 aromatic carbocycles. The van der Waals surface area contributed by atoms with E-state index in [1.54, 1.807) is 12.1 Å². The zero-order valence-corrected chi connectivity index (χ0v) is 22.1. The summed E-state index contributed by atoms with van der Waals surface area (Å²) in [6.07, 6.45) is 2.11. The van der Waals surface area contributed by atoms with E-state index in [0.717, 1.165) is 22.0 Å². The molecule has 182 valence electrons. The average molecular weight is 579 g/mol. The number of furan rings is 1. The first-order valence-corrected chi connectivity index (χ1v) is 12.4. The summed E-state index contributed by atoms with van der Waals surface area (Å²) in [7, 11) is 0. The van der Waals surface area contributed by atoms with Gasteiger partial charge in [0.05, 0.1) is 16.4 Å². The standard InChI is InChI=1S/C25H22BrCl2N3O4/c1-13-6-8-18(16(26)10-13)29-25(33)24-14(2)23-19(4-3-5-21(23)35-24)30-31-22(32)12-34-20-9-7-15(27)11-17(20)28/h6-11H,3-5,12H2,1-2H3,(H,29,33)(H,31,32)/b30-19+. The second kappa shape index (κ2) is 10.8. The summed E-state index contributed by atoms with van der Waals surface area (Å²) in [4.78, 5) is 25.3. The predicted molar refractivity (Wildman–Crippen MR) is 140 cm³/mol. The van der Waals surface area contributed by atoms with Crippen LogP contribution in [0.1, 0.15) is 45.8 Å². The van der Waals surface area contributed by atoms with E-state index in [4.69, 9.17) is 32.4 Å². The lowest BCUT2D eigenvalue weighted by atomic mass is 9.93. The number of anilines is 1. The maximum absolute atomic E-state index is 13.0. The van der Waals surface area contributed by atoms with Crippen LogP contribution >= 0.6 is 39.1 Å². The van der Waals surface area contributed by atoms with Gasteiger partial charge in [-0.3, -0.25) is 9.59 Å². The Morgan fingerprint density at radius 3 is 2.69 bits per heavy atom. The number of hydrogen-bond acceptors (Lipinski definition) is 5. The number of fused-ring (bicyclic) bond motifs is 1. The molecule has 0 saturated carbocycles. The average Bonchev–Trinajstić information content (AvgIpc) is 3.16. The van der Waals surface area contributed by atoms with Crippen LogP contribution in [0.5, 0.6) is 5.75 Å². The number of nitrogens with zero attached hydrogens (tertiary/aromatic N) is 1. The first kappa shape index (κ1) is 25.3. The summed E-state index contributed by atoms with van der Waals surface area (Å²) in [6, 6.07) is 10.4. The number of hydrogen-bond donors (Lipinski definition) is 2. The van der Waals surface area contributed by atoms with Crippen LogP contribution in [0.25, 0.3) is 0 Å². The molecule has 0 bridgehead atoms. The van der Waals surface area contributed by atoms with Crippen molar-refractivity contribution >= 4 is 62.3 Å². The van der Waals surface area contributed by atoms with Crippen molar-refractivity contribution in [2.75, 3.05) is 11.9 Å². The molecule has 4 rings (SSSR count). The molecule has 1 aliphatic rings. The van der Waals surface area contributed by atoms with Crippen LogP contribution in [0.2, 0.25) is 10.0 Å². The Kier molecular flexibility index (Phi) is 7.84. The van der Waals surface area contributed by atoms with Crippen molar-refractivity contribution in [3.05, 3.63) is 79.1 Å². The molecule has 1 aromatic heterocycles. The highest BCUT2D eigenvalue weighted by atomic mass is 79.9. The summed E-state index contributed by atoms with van der Waals surface area (Å²) in [5, 5.41) is 7.97. The van der Waals surface area contributed by atoms with Crippen molar-refractivity contribution in [1.82, 2.24) is 5.43 Å². The van der Waals surface area contributed by atoms with Crippen molar-refractivity contribution < 1.29 is 18.7 Å². The number of nitrogens with one attached hydrogen (secondary N) is 2. The van der Waals surface area contributed by atoms with Crippen LogP contribution in [-0.2, 0) is 11.2 Å². The van der Waals surface area contributed by atoms with E-state index < -0.39 is 5.91 Å². The zero-order chi connectivity index (χ0) is 25.1. The molecule has 3 aromatic rings. The van der Waals surface area contributed by atoms with Gasteiger partial charge < -0.3 is 14.5 Å². The quantitative estimate of drug-likeness (QED) is 0.329. The summed E-state index contributed by atoms with van der Waals surface area (Å²) < 4.78 is 12.2. The second-order valence-corrected chi connectivity index (χ2v) is 9.80. The lowest BCUT2D eigenvalue weighted by Gasteiger charge is -2.13. The first-order chi connectivity index (χ1) is 16.7. The van der Waals surface area contributed by atoms with Gasteiger partial charge >= 0.3 is 0 Å².